The molecule has 0 radical (unpaired) electrons. The van der Waals surface area contributed by atoms with Gasteiger partial charge >= 0.3 is 0 Å². The van der Waals surface area contributed by atoms with Gasteiger partial charge < -0.3 is 14.6 Å². The van der Waals surface area contributed by atoms with Crippen molar-refractivity contribution in [1.82, 2.24) is 14.9 Å². The van der Waals surface area contributed by atoms with E-state index in [2.05, 4.69) is 22.2 Å². The molecule has 26 heavy (non-hydrogen) atoms. The minimum absolute atomic E-state index is 0.119. The van der Waals surface area contributed by atoms with Crippen molar-refractivity contribution in [1.29, 1.82) is 0 Å². The topological polar surface area (TPSA) is 71.3 Å². The van der Waals surface area contributed by atoms with Crippen LogP contribution >= 0.6 is 11.3 Å². The molecule has 1 aliphatic heterocycles. The van der Waals surface area contributed by atoms with Gasteiger partial charge in [0.1, 0.15) is 22.7 Å². The van der Waals surface area contributed by atoms with Crippen LogP contribution in [0.4, 0.5) is 5.82 Å². The number of carbonyl (C=O) groups is 1. The lowest BCUT2D eigenvalue weighted by molar-refractivity contribution is 0.0687. The molecule has 3 aromatic rings. The van der Waals surface area contributed by atoms with E-state index >= 15 is 0 Å². The van der Waals surface area contributed by atoms with E-state index in [0.29, 0.717) is 12.5 Å². The fraction of sp³-hybridized carbons (Fsp3) is 0.421. The monoisotopic (exact) mass is 370 g/mol. The van der Waals surface area contributed by atoms with E-state index in [1.165, 1.54) is 17.8 Å². The molecule has 1 aliphatic rings. The molecule has 1 amide bonds. The third-order valence-corrected chi connectivity index (χ3v) is 6.06. The first-order valence-corrected chi connectivity index (χ1v) is 9.74. The number of nitrogens with one attached hydrogen (secondary N) is 1. The van der Waals surface area contributed by atoms with E-state index in [4.69, 9.17) is 4.42 Å². The molecule has 0 saturated carbocycles. The third-order valence-electron chi connectivity index (χ3n) is 4.88. The first kappa shape index (κ1) is 17.0. The van der Waals surface area contributed by atoms with E-state index < -0.39 is 0 Å². The van der Waals surface area contributed by atoms with Crippen molar-refractivity contribution >= 4 is 33.3 Å². The number of anilines is 1. The van der Waals surface area contributed by atoms with Crippen LogP contribution in [0, 0.1) is 12.8 Å². The van der Waals surface area contributed by atoms with Crippen LogP contribution in [0.1, 0.15) is 40.8 Å². The average molecular weight is 370 g/mol. The Bertz CT molecular complexity index is 919. The molecule has 4 heterocycles. The van der Waals surface area contributed by atoms with Crippen LogP contribution < -0.4 is 5.32 Å². The van der Waals surface area contributed by atoms with Crippen LogP contribution in [0.15, 0.2) is 29.1 Å². The highest BCUT2D eigenvalue weighted by atomic mass is 32.1. The lowest BCUT2D eigenvalue weighted by Gasteiger charge is -2.30. The van der Waals surface area contributed by atoms with Crippen LogP contribution in [-0.4, -0.2) is 33.9 Å². The number of fused-ring (bicyclic) bond motifs is 1. The lowest BCUT2D eigenvalue weighted by atomic mass is 10.00. The number of aromatic nitrogens is 2. The number of furan rings is 1. The standard InChI is InChI=1S/C19H22N4O2S/c1-12-5-3-7-23(10-12)19(24)16-13(2)15-17(21-11-22-18(15)26-16)20-9-14-6-4-8-25-14/h4,6,8,11-12H,3,5,7,9-10H2,1-2H3,(H,20,21,22)/t12-/m0/s1. The summed E-state index contributed by atoms with van der Waals surface area (Å²) in [5.74, 6) is 2.26. The number of piperidine rings is 1. The summed E-state index contributed by atoms with van der Waals surface area (Å²) < 4.78 is 5.37. The summed E-state index contributed by atoms with van der Waals surface area (Å²) in [4.78, 5) is 25.4. The number of hydrogen-bond acceptors (Lipinski definition) is 6. The molecule has 0 aromatic carbocycles. The molecule has 1 saturated heterocycles. The van der Waals surface area contributed by atoms with Crippen molar-refractivity contribution in [2.75, 3.05) is 18.4 Å². The largest absolute Gasteiger partial charge is 0.467 e. The normalized spacial score (nSPS) is 17.6. The molecule has 136 valence electrons. The number of nitrogens with zero attached hydrogens (tertiary/aromatic N) is 3. The Morgan fingerprint density at radius 2 is 2.35 bits per heavy atom. The van der Waals surface area contributed by atoms with Crippen LogP contribution in [0.5, 0.6) is 0 Å². The summed E-state index contributed by atoms with van der Waals surface area (Å²) in [5.41, 5.74) is 0.954. The smallest absolute Gasteiger partial charge is 0.264 e. The van der Waals surface area contributed by atoms with Gasteiger partial charge in [-0.25, -0.2) is 9.97 Å². The quantitative estimate of drug-likeness (QED) is 0.749. The second-order valence-electron chi connectivity index (χ2n) is 6.89. The van der Waals surface area contributed by atoms with Gasteiger partial charge in [-0.2, -0.15) is 0 Å². The van der Waals surface area contributed by atoms with Gasteiger partial charge in [-0.05, 0) is 43.4 Å². The molecule has 7 heteroatoms. The van der Waals surface area contributed by atoms with Crippen LogP contribution in [0.2, 0.25) is 0 Å². The summed E-state index contributed by atoms with van der Waals surface area (Å²) in [6, 6.07) is 3.77. The Morgan fingerprint density at radius 3 is 3.12 bits per heavy atom. The van der Waals surface area contributed by atoms with E-state index in [9.17, 15) is 4.79 Å². The van der Waals surface area contributed by atoms with Crippen molar-refractivity contribution in [3.8, 4) is 0 Å². The van der Waals surface area contributed by atoms with Gasteiger partial charge in [0.15, 0.2) is 0 Å². The van der Waals surface area contributed by atoms with Gasteiger partial charge in [0.25, 0.3) is 5.91 Å². The van der Waals surface area contributed by atoms with Gasteiger partial charge in [-0.15, -0.1) is 11.3 Å². The third kappa shape index (κ3) is 3.19. The Morgan fingerprint density at radius 1 is 1.46 bits per heavy atom. The minimum atomic E-state index is 0.119. The minimum Gasteiger partial charge on any atom is -0.467 e. The van der Waals surface area contributed by atoms with Gasteiger partial charge in [0, 0.05) is 13.1 Å². The summed E-state index contributed by atoms with van der Waals surface area (Å²) in [7, 11) is 0. The molecule has 0 aliphatic carbocycles. The first-order valence-electron chi connectivity index (χ1n) is 8.93. The number of rotatable bonds is 4. The van der Waals surface area contributed by atoms with Gasteiger partial charge in [0.05, 0.1) is 23.1 Å². The van der Waals surface area contributed by atoms with Crippen molar-refractivity contribution in [3.05, 3.63) is 40.9 Å². The van der Waals surface area contributed by atoms with E-state index in [-0.39, 0.29) is 5.91 Å². The highest BCUT2D eigenvalue weighted by molar-refractivity contribution is 7.20. The molecule has 4 rings (SSSR count). The summed E-state index contributed by atoms with van der Waals surface area (Å²) >= 11 is 1.46. The van der Waals surface area contributed by atoms with Crippen molar-refractivity contribution in [3.63, 3.8) is 0 Å². The second-order valence-corrected chi connectivity index (χ2v) is 7.89. The van der Waals surface area contributed by atoms with Gasteiger partial charge in [0.2, 0.25) is 0 Å². The maximum Gasteiger partial charge on any atom is 0.264 e. The maximum absolute atomic E-state index is 13.0. The lowest BCUT2D eigenvalue weighted by Crippen LogP contribution is -2.38. The molecule has 1 N–H and O–H groups in total. The first-order chi connectivity index (χ1) is 12.6. The zero-order chi connectivity index (χ0) is 18.1. The Hall–Kier alpha value is -2.41. The molecule has 1 atom stereocenters. The average Bonchev–Trinajstić information content (AvgIpc) is 3.28. The molecular formula is C19H22N4O2S. The number of amides is 1. The number of aryl methyl sites for hydroxylation is 1. The Kier molecular flexibility index (Phi) is 4.63. The van der Waals surface area contributed by atoms with Gasteiger partial charge in [-0.1, -0.05) is 6.92 Å². The molecular weight excluding hydrogens is 348 g/mol. The number of thiophene rings is 1. The number of likely N-dealkylation sites (tertiary alicyclic amines) is 1. The van der Waals surface area contributed by atoms with E-state index in [1.54, 1.807) is 12.6 Å². The molecule has 0 unspecified atom stereocenters. The van der Waals surface area contributed by atoms with Crippen LogP contribution in [0.25, 0.3) is 10.2 Å². The summed E-state index contributed by atoms with van der Waals surface area (Å²) in [6.07, 6.45) is 5.47. The van der Waals surface area contributed by atoms with Crippen LogP contribution in [0.3, 0.4) is 0 Å². The van der Waals surface area contributed by atoms with E-state index in [0.717, 1.165) is 51.7 Å². The fourth-order valence-electron chi connectivity index (χ4n) is 3.51. The highest BCUT2D eigenvalue weighted by Gasteiger charge is 2.26. The maximum atomic E-state index is 13.0. The zero-order valence-corrected chi connectivity index (χ0v) is 15.8. The Labute approximate surface area is 156 Å². The van der Waals surface area contributed by atoms with E-state index in [1.807, 2.05) is 24.0 Å². The predicted molar refractivity (Wildman–Crippen MR) is 102 cm³/mol. The number of hydrogen-bond donors (Lipinski definition) is 1. The van der Waals surface area contributed by atoms with Crippen molar-refractivity contribution in [2.24, 2.45) is 5.92 Å². The van der Waals surface area contributed by atoms with Crippen molar-refractivity contribution in [2.45, 2.75) is 33.2 Å². The Balaban J connectivity index is 1.63. The zero-order valence-electron chi connectivity index (χ0n) is 15.0. The van der Waals surface area contributed by atoms with Gasteiger partial charge in [-0.3, -0.25) is 4.79 Å². The molecule has 6 nitrogen and oxygen atoms in total. The second kappa shape index (κ2) is 7.07. The molecule has 0 bridgehead atoms. The predicted octanol–water partition coefficient (Wildman–Crippen LogP) is 4.08. The van der Waals surface area contributed by atoms with Crippen molar-refractivity contribution < 1.29 is 9.21 Å². The molecule has 3 aromatic heterocycles. The summed E-state index contributed by atoms with van der Waals surface area (Å²) in [5, 5.41) is 4.23. The highest BCUT2D eigenvalue weighted by Crippen LogP contribution is 2.34. The SMILES string of the molecule is Cc1c(C(=O)N2CCC[C@H](C)C2)sc2ncnc(NCc3ccco3)c12. The van der Waals surface area contributed by atoms with Crippen LogP contribution in [-0.2, 0) is 6.54 Å². The number of carbonyl (C=O) groups excluding carboxylic acids is 1. The molecule has 0 spiro atoms. The fourth-order valence-corrected chi connectivity index (χ4v) is 4.63. The summed E-state index contributed by atoms with van der Waals surface area (Å²) in [6.45, 7) is 6.41. The molecule has 1 fully saturated rings.